The maximum Gasteiger partial charge on any atom is 0.251 e. The van der Waals surface area contributed by atoms with E-state index < -0.39 is 24.2 Å². The standard InChI is InChI=1S/C44H70N6O6/c1-11-13-33(45-6)16-17-46-42(53)31-20-30(21-34(22-31)49(9)10)35-15-12-14-29(41(35)55-19-18-48(7)8)25-50-40(39(28(3)52)38(26-51)56-50)43(54)47-37-24-32-23-36(27(37)2)44(32,4)5/h12,14-15,20-22,27-28,32-33,36-40,45,51-52H,11,13,16-19,23-26H2,1-10H3,(H,46,53)(H,47,54)/t27-,28-,32+,33?,36+,37-,38-,39+,40-/m0/s1. The Morgan fingerprint density at radius 3 is 2.46 bits per heavy atom. The number of fused-ring (bicyclic) bond motifs is 2. The minimum Gasteiger partial charge on any atom is -0.491 e. The molecule has 2 aromatic carbocycles. The zero-order valence-corrected chi connectivity index (χ0v) is 35.6. The summed E-state index contributed by atoms with van der Waals surface area (Å²) in [6, 6.07) is 11.3. The molecule has 312 valence electrons. The van der Waals surface area contributed by atoms with E-state index in [-0.39, 0.29) is 36.4 Å². The van der Waals surface area contributed by atoms with Gasteiger partial charge >= 0.3 is 0 Å². The van der Waals surface area contributed by atoms with Gasteiger partial charge in [-0.1, -0.05) is 52.3 Å². The summed E-state index contributed by atoms with van der Waals surface area (Å²) in [5, 5.41) is 33.0. The van der Waals surface area contributed by atoms with Crippen molar-refractivity contribution in [1.82, 2.24) is 25.9 Å². The second kappa shape index (κ2) is 19.0. The summed E-state index contributed by atoms with van der Waals surface area (Å²) in [7, 11) is 9.86. The lowest BCUT2D eigenvalue weighted by Gasteiger charge is -2.62. The number of benzene rings is 2. The Labute approximate surface area is 335 Å². The van der Waals surface area contributed by atoms with Gasteiger partial charge in [-0.2, -0.15) is 5.06 Å². The Hall–Kier alpha value is -3.26. The van der Waals surface area contributed by atoms with Crippen LogP contribution in [-0.2, 0) is 16.2 Å². The third-order valence-electron chi connectivity index (χ3n) is 13.1. The normalized spacial score (nSPS) is 26.7. The van der Waals surface area contributed by atoms with Crippen molar-refractivity contribution in [2.75, 3.05) is 66.4 Å². The van der Waals surface area contributed by atoms with Crippen molar-refractivity contribution in [1.29, 1.82) is 0 Å². The van der Waals surface area contributed by atoms with E-state index in [9.17, 15) is 19.8 Å². The maximum absolute atomic E-state index is 14.4. The van der Waals surface area contributed by atoms with E-state index in [1.807, 2.05) is 70.5 Å². The van der Waals surface area contributed by atoms with Crippen LogP contribution >= 0.6 is 0 Å². The van der Waals surface area contributed by atoms with Crippen LogP contribution in [0.25, 0.3) is 11.1 Å². The molecule has 9 atom stereocenters. The molecule has 3 aliphatic carbocycles. The molecule has 56 heavy (non-hydrogen) atoms. The number of para-hydroxylation sites is 1. The number of hydroxylamine groups is 2. The van der Waals surface area contributed by atoms with Crippen molar-refractivity contribution >= 4 is 17.5 Å². The third-order valence-corrected chi connectivity index (χ3v) is 13.1. The number of rotatable bonds is 19. The summed E-state index contributed by atoms with van der Waals surface area (Å²) < 4.78 is 6.62. The average Bonchev–Trinajstić information content (AvgIpc) is 3.53. The van der Waals surface area contributed by atoms with Gasteiger partial charge in [0.1, 0.15) is 24.5 Å². The van der Waals surface area contributed by atoms with Crippen LogP contribution in [0.4, 0.5) is 5.69 Å². The fourth-order valence-corrected chi connectivity index (χ4v) is 9.49. The lowest BCUT2D eigenvalue weighted by Crippen LogP contribution is -2.62. The highest BCUT2D eigenvalue weighted by molar-refractivity contribution is 5.97. The van der Waals surface area contributed by atoms with Crippen molar-refractivity contribution in [3.05, 3.63) is 47.5 Å². The van der Waals surface area contributed by atoms with Gasteiger partial charge in [0.15, 0.2) is 0 Å². The fourth-order valence-electron chi connectivity index (χ4n) is 9.49. The zero-order valence-electron chi connectivity index (χ0n) is 35.6. The highest BCUT2D eigenvalue weighted by atomic mass is 16.7. The number of amides is 2. The van der Waals surface area contributed by atoms with Gasteiger partial charge < -0.3 is 40.7 Å². The molecule has 0 spiro atoms. The van der Waals surface area contributed by atoms with E-state index in [0.717, 1.165) is 48.1 Å². The van der Waals surface area contributed by atoms with Gasteiger partial charge in [0.2, 0.25) is 5.91 Å². The van der Waals surface area contributed by atoms with Gasteiger partial charge in [-0.3, -0.25) is 14.4 Å². The maximum atomic E-state index is 14.4. The molecular weight excluding hydrogens is 709 g/mol. The fraction of sp³-hybridized carbons (Fsp3) is 0.682. The smallest absolute Gasteiger partial charge is 0.251 e. The van der Waals surface area contributed by atoms with E-state index in [2.05, 4.69) is 54.6 Å². The predicted molar refractivity (Wildman–Crippen MR) is 223 cm³/mol. The molecule has 3 saturated carbocycles. The number of carbonyl (C=O) groups is 2. The number of likely N-dealkylation sites (N-methyl/N-ethyl adjacent to an activating group) is 1. The van der Waals surface area contributed by atoms with Gasteiger partial charge in [0.05, 0.1) is 19.3 Å². The van der Waals surface area contributed by atoms with E-state index in [1.54, 1.807) is 12.0 Å². The molecule has 0 aromatic heterocycles. The quantitative estimate of drug-likeness (QED) is 0.138. The van der Waals surface area contributed by atoms with Crippen LogP contribution in [0.2, 0.25) is 0 Å². The zero-order chi connectivity index (χ0) is 40.9. The Bertz CT molecular complexity index is 1630. The largest absolute Gasteiger partial charge is 0.491 e. The van der Waals surface area contributed by atoms with Gasteiger partial charge in [0, 0.05) is 67.6 Å². The highest BCUT2D eigenvalue weighted by Crippen LogP contribution is 2.61. The van der Waals surface area contributed by atoms with Gasteiger partial charge in [-0.05, 0) is 101 Å². The SMILES string of the molecule is CCCC(CCNC(=O)c1cc(-c2cccc(CN3O[C@@H](CO)[C@@H]([C@H](C)O)[C@H]3C(=O)N[C@H]3C[C@H]4C[C@H]([C@@H]3C)C4(C)C)c2OCCN(C)C)cc(N(C)C)c1)NC. The van der Waals surface area contributed by atoms with Crippen LogP contribution in [0.15, 0.2) is 36.4 Å². The Balaban J connectivity index is 1.47. The number of carbonyl (C=O) groups excluding carboxylic acids is 2. The van der Waals surface area contributed by atoms with E-state index in [4.69, 9.17) is 9.57 Å². The lowest BCUT2D eigenvalue weighted by molar-refractivity contribution is -0.183. The molecule has 4 fully saturated rings. The second-order valence-electron chi connectivity index (χ2n) is 17.7. The summed E-state index contributed by atoms with van der Waals surface area (Å²) in [5.74, 6) is 1.10. The van der Waals surface area contributed by atoms with Gasteiger partial charge in [0.25, 0.3) is 5.91 Å². The van der Waals surface area contributed by atoms with Crippen molar-refractivity contribution in [3.8, 4) is 16.9 Å². The van der Waals surface area contributed by atoms with Crippen LogP contribution in [0.1, 0.15) is 82.6 Å². The minimum absolute atomic E-state index is 0.0358. The molecule has 1 saturated heterocycles. The molecule has 4 aliphatic rings. The van der Waals surface area contributed by atoms with E-state index in [1.165, 1.54) is 6.42 Å². The average molecular weight is 779 g/mol. The predicted octanol–water partition coefficient (Wildman–Crippen LogP) is 4.53. The molecule has 6 rings (SSSR count). The molecule has 2 amide bonds. The summed E-state index contributed by atoms with van der Waals surface area (Å²) in [6.45, 7) is 12.2. The van der Waals surface area contributed by atoms with Crippen LogP contribution in [0, 0.1) is 29.1 Å². The molecule has 12 nitrogen and oxygen atoms in total. The first-order valence-corrected chi connectivity index (χ1v) is 20.8. The topological polar surface area (TPSA) is 139 Å². The number of nitrogens with one attached hydrogen (secondary N) is 3. The van der Waals surface area contributed by atoms with Gasteiger partial charge in [-0.15, -0.1) is 0 Å². The summed E-state index contributed by atoms with van der Waals surface area (Å²) >= 11 is 0. The number of aliphatic hydroxyl groups excluding tert-OH is 2. The summed E-state index contributed by atoms with van der Waals surface area (Å²) in [5.41, 5.74) is 4.12. The number of anilines is 1. The third kappa shape index (κ3) is 9.70. The van der Waals surface area contributed by atoms with Gasteiger partial charge in [-0.25, -0.2) is 0 Å². The highest BCUT2D eigenvalue weighted by Gasteiger charge is 2.57. The number of nitrogens with zero attached hydrogens (tertiary/aromatic N) is 3. The first-order chi connectivity index (χ1) is 26.6. The Kier molecular flexibility index (Phi) is 14.9. The number of hydrogen-bond donors (Lipinski definition) is 5. The number of hydrogen-bond acceptors (Lipinski definition) is 10. The van der Waals surface area contributed by atoms with E-state index in [0.29, 0.717) is 54.8 Å². The van der Waals surface area contributed by atoms with Crippen LogP contribution in [0.3, 0.4) is 0 Å². The van der Waals surface area contributed by atoms with Crippen molar-refractivity contribution < 1.29 is 29.4 Å². The minimum atomic E-state index is -0.903. The second-order valence-corrected chi connectivity index (χ2v) is 17.7. The summed E-state index contributed by atoms with van der Waals surface area (Å²) in [4.78, 5) is 38.4. The first kappa shape index (κ1) is 43.9. The Morgan fingerprint density at radius 2 is 1.86 bits per heavy atom. The van der Waals surface area contributed by atoms with E-state index >= 15 is 0 Å². The monoisotopic (exact) mass is 779 g/mol. The van der Waals surface area contributed by atoms with Crippen LogP contribution in [-0.4, -0.2) is 124 Å². The number of ether oxygens (including phenoxy) is 1. The number of aliphatic hydroxyl groups is 2. The first-order valence-electron chi connectivity index (χ1n) is 20.8. The van der Waals surface area contributed by atoms with Crippen molar-refractivity contribution in [2.24, 2.45) is 29.1 Å². The van der Waals surface area contributed by atoms with Crippen LogP contribution in [0.5, 0.6) is 5.75 Å². The Morgan fingerprint density at radius 1 is 1.11 bits per heavy atom. The lowest BCUT2D eigenvalue weighted by atomic mass is 9.45. The molecule has 12 heteroatoms. The van der Waals surface area contributed by atoms with Crippen LogP contribution < -0.4 is 25.6 Å². The summed E-state index contributed by atoms with van der Waals surface area (Å²) in [6.07, 6.45) is 3.44. The molecule has 5 N–H and O–H groups in total. The van der Waals surface area contributed by atoms with Crippen molar-refractivity contribution in [2.45, 2.75) is 104 Å². The molecule has 1 heterocycles. The molecule has 2 bridgehead atoms. The van der Waals surface area contributed by atoms with Crippen molar-refractivity contribution in [3.63, 3.8) is 0 Å². The molecule has 2 aromatic rings. The molecule has 1 unspecified atom stereocenters. The molecule has 0 radical (unpaired) electrons. The molecule has 1 aliphatic heterocycles. The molecular formula is C44H70N6O6.